The molecular formula is C25H32F2N4O3. The van der Waals surface area contributed by atoms with Crippen LogP contribution in [0.3, 0.4) is 0 Å². The predicted molar refractivity (Wildman–Crippen MR) is 126 cm³/mol. The van der Waals surface area contributed by atoms with Gasteiger partial charge in [-0.2, -0.15) is 13.8 Å². The molecule has 1 unspecified atom stereocenters. The summed E-state index contributed by atoms with van der Waals surface area (Å²) in [4.78, 5) is 29.7. The van der Waals surface area contributed by atoms with E-state index in [4.69, 9.17) is 4.74 Å². The van der Waals surface area contributed by atoms with Gasteiger partial charge in [0.25, 0.3) is 5.91 Å². The standard InChI is InChI=1S/C25H32F2N4O3/c1-17-8-7-10-20(34-2)23(17)24(32)31-13-11-18(16-31)9-5-3-4-6-12-28-25(33)29-19-14-21(26)30-22(27)15-19/h7-8,10,14-15,18H,3-6,9,11-13,16H2,1-2H3,(H2,28,29,30,33). The Kier molecular flexibility index (Phi) is 9.18. The van der Waals surface area contributed by atoms with E-state index in [-0.39, 0.29) is 11.6 Å². The number of anilines is 1. The highest BCUT2D eigenvalue weighted by Gasteiger charge is 2.29. The van der Waals surface area contributed by atoms with Crippen molar-refractivity contribution in [2.45, 2.75) is 45.4 Å². The topological polar surface area (TPSA) is 83.6 Å². The smallest absolute Gasteiger partial charge is 0.319 e. The number of amides is 3. The molecular weight excluding hydrogens is 442 g/mol. The number of carbonyl (C=O) groups is 2. The van der Waals surface area contributed by atoms with E-state index in [9.17, 15) is 18.4 Å². The van der Waals surface area contributed by atoms with Gasteiger partial charge in [0, 0.05) is 31.8 Å². The second-order valence-electron chi connectivity index (χ2n) is 8.64. The van der Waals surface area contributed by atoms with Crippen LogP contribution in [0.15, 0.2) is 30.3 Å². The number of pyridine rings is 1. The Bertz CT molecular complexity index is 982. The summed E-state index contributed by atoms with van der Waals surface area (Å²) in [7, 11) is 1.59. The predicted octanol–water partition coefficient (Wildman–Crippen LogP) is 4.91. The summed E-state index contributed by atoms with van der Waals surface area (Å²) in [6.07, 6.45) is 5.98. The molecule has 1 aromatic carbocycles. The normalized spacial score (nSPS) is 15.3. The minimum atomic E-state index is -0.986. The minimum absolute atomic E-state index is 0.0208. The molecule has 0 spiro atoms. The van der Waals surface area contributed by atoms with Crippen molar-refractivity contribution in [3.05, 3.63) is 53.4 Å². The number of rotatable bonds is 10. The Balaban J connectivity index is 1.29. The number of likely N-dealkylation sites (tertiary alicyclic amines) is 1. The van der Waals surface area contributed by atoms with Crippen LogP contribution in [-0.2, 0) is 0 Å². The number of halogens is 2. The van der Waals surface area contributed by atoms with Crippen molar-refractivity contribution in [3.63, 3.8) is 0 Å². The van der Waals surface area contributed by atoms with Crippen molar-refractivity contribution in [2.75, 3.05) is 32.1 Å². The molecule has 3 rings (SSSR count). The number of benzene rings is 1. The van der Waals surface area contributed by atoms with Gasteiger partial charge in [0.1, 0.15) is 5.75 Å². The highest BCUT2D eigenvalue weighted by molar-refractivity contribution is 5.98. The van der Waals surface area contributed by atoms with E-state index in [1.54, 1.807) is 7.11 Å². The Morgan fingerprint density at radius 2 is 1.88 bits per heavy atom. The molecule has 2 N–H and O–H groups in total. The third-order valence-corrected chi connectivity index (χ3v) is 6.09. The SMILES string of the molecule is COc1cccc(C)c1C(=O)N1CCC(CCCCCCNC(=O)Nc2cc(F)nc(F)c2)C1. The number of aryl methyl sites for hydroxylation is 1. The van der Waals surface area contributed by atoms with Crippen molar-refractivity contribution < 1.29 is 23.1 Å². The molecule has 184 valence electrons. The minimum Gasteiger partial charge on any atom is -0.496 e. The summed E-state index contributed by atoms with van der Waals surface area (Å²) in [5.74, 6) is -0.807. The maximum atomic E-state index is 13.1. The van der Waals surface area contributed by atoms with Gasteiger partial charge in [-0.3, -0.25) is 4.79 Å². The zero-order chi connectivity index (χ0) is 24.5. The number of methoxy groups -OCH3 is 1. The largest absolute Gasteiger partial charge is 0.496 e. The van der Waals surface area contributed by atoms with Gasteiger partial charge in [0.05, 0.1) is 18.4 Å². The van der Waals surface area contributed by atoms with Gasteiger partial charge in [0.15, 0.2) is 0 Å². The Hall–Kier alpha value is -3.23. The summed E-state index contributed by atoms with van der Waals surface area (Å²) < 4.78 is 31.5. The van der Waals surface area contributed by atoms with Crippen molar-refractivity contribution in [3.8, 4) is 5.75 Å². The van der Waals surface area contributed by atoms with Gasteiger partial charge in [-0.15, -0.1) is 0 Å². The first kappa shape index (κ1) is 25.4. The molecule has 3 amide bonds. The zero-order valence-electron chi connectivity index (χ0n) is 19.7. The maximum absolute atomic E-state index is 13.1. The van der Waals surface area contributed by atoms with Crippen LogP contribution in [0.25, 0.3) is 0 Å². The average molecular weight is 475 g/mol. The van der Waals surface area contributed by atoms with E-state index in [2.05, 4.69) is 15.6 Å². The summed E-state index contributed by atoms with van der Waals surface area (Å²) >= 11 is 0. The molecule has 1 aliphatic rings. The number of aromatic nitrogens is 1. The molecule has 7 nitrogen and oxygen atoms in total. The number of nitrogens with zero attached hydrogens (tertiary/aromatic N) is 2. The fourth-order valence-electron chi connectivity index (χ4n) is 4.32. The van der Waals surface area contributed by atoms with Crippen LogP contribution in [0.5, 0.6) is 5.75 Å². The molecule has 2 heterocycles. The molecule has 1 aromatic heterocycles. The maximum Gasteiger partial charge on any atom is 0.319 e. The summed E-state index contributed by atoms with van der Waals surface area (Å²) in [6, 6.07) is 7.05. The molecule has 9 heteroatoms. The molecule has 1 saturated heterocycles. The summed E-state index contributed by atoms with van der Waals surface area (Å²) in [5, 5.41) is 5.07. The molecule has 1 aliphatic heterocycles. The molecule has 0 radical (unpaired) electrons. The van der Waals surface area contributed by atoms with Gasteiger partial charge in [0.2, 0.25) is 11.9 Å². The summed E-state index contributed by atoms with van der Waals surface area (Å²) in [5.41, 5.74) is 1.60. The molecule has 2 aromatic rings. The number of nitrogens with one attached hydrogen (secondary N) is 2. The van der Waals surface area contributed by atoms with Crippen molar-refractivity contribution >= 4 is 17.6 Å². The fraction of sp³-hybridized carbons (Fsp3) is 0.480. The number of carbonyl (C=O) groups excluding carboxylic acids is 2. The quantitative estimate of drug-likeness (QED) is 0.379. The van der Waals surface area contributed by atoms with E-state index in [1.807, 2.05) is 30.0 Å². The highest BCUT2D eigenvalue weighted by Crippen LogP contribution is 2.28. The number of urea groups is 1. The van der Waals surface area contributed by atoms with Gasteiger partial charge < -0.3 is 20.3 Å². The van der Waals surface area contributed by atoms with Crippen LogP contribution in [-0.4, -0.2) is 48.6 Å². The molecule has 1 fully saturated rings. The lowest BCUT2D eigenvalue weighted by molar-refractivity contribution is 0.0782. The van der Waals surface area contributed by atoms with Crippen LogP contribution in [0.2, 0.25) is 0 Å². The lowest BCUT2D eigenvalue weighted by Crippen LogP contribution is -2.29. The van der Waals surface area contributed by atoms with Gasteiger partial charge >= 0.3 is 6.03 Å². The van der Waals surface area contributed by atoms with Crippen LogP contribution in [0, 0.1) is 24.7 Å². The third kappa shape index (κ3) is 7.13. The van der Waals surface area contributed by atoms with Crippen molar-refractivity contribution in [1.82, 2.24) is 15.2 Å². The average Bonchev–Trinajstić information content (AvgIpc) is 3.26. The monoisotopic (exact) mass is 474 g/mol. The molecule has 1 atom stereocenters. The van der Waals surface area contributed by atoms with Crippen molar-refractivity contribution in [1.29, 1.82) is 0 Å². The second-order valence-corrected chi connectivity index (χ2v) is 8.64. The molecule has 0 bridgehead atoms. The highest BCUT2D eigenvalue weighted by atomic mass is 19.1. The number of hydrogen-bond acceptors (Lipinski definition) is 4. The van der Waals surface area contributed by atoms with Crippen LogP contribution < -0.4 is 15.4 Å². The fourth-order valence-corrected chi connectivity index (χ4v) is 4.32. The summed E-state index contributed by atoms with van der Waals surface area (Å²) in [6.45, 7) is 3.95. The molecule has 0 aliphatic carbocycles. The number of ether oxygens (including phenoxy) is 1. The number of hydrogen-bond donors (Lipinski definition) is 2. The molecule has 34 heavy (non-hydrogen) atoms. The first-order valence-electron chi connectivity index (χ1n) is 11.7. The Labute approximate surface area is 198 Å². The second kappa shape index (κ2) is 12.3. The van der Waals surface area contributed by atoms with E-state index in [0.717, 1.165) is 69.3 Å². The Morgan fingerprint density at radius 1 is 1.15 bits per heavy atom. The third-order valence-electron chi connectivity index (χ3n) is 6.09. The zero-order valence-corrected chi connectivity index (χ0v) is 19.7. The molecule has 0 saturated carbocycles. The lowest BCUT2D eigenvalue weighted by atomic mass is 10.00. The first-order chi connectivity index (χ1) is 16.4. The van der Waals surface area contributed by atoms with E-state index < -0.39 is 17.9 Å². The lowest BCUT2D eigenvalue weighted by Gasteiger charge is -2.19. The number of unbranched alkanes of at least 4 members (excludes halogenated alkanes) is 3. The van der Waals surface area contributed by atoms with Crippen LogP contribution in [0.4, 0.5) is 19.3 Å². The van der Waals surface area contributed by atoms with Crippen LogP contribution in [0.1, 0.15) is 54.4 Å². The van der Waals surface area contributed by atoms with Gasteiger partial charge in [-0.05, 0) is 43.7 Å². The van der Waals surface area contributed by atoms with Gasteiger partial charge in [-0.1, -0.05) is 31.4 Å². The van der Waals surface area contributed by atoms with E-state index >= 15 is 0 Å². The van der Waals surface area contributed by atoms with E-state index in [0.29, 0.717) is 23.8 Å². The van der Waals surface area contributed by atoms with Crippen LogP contribution >= 0.6 is 0 Å². The van der Waals surface area contributed by atoms with E-state index in [1.165, 1.54) is 0 Å². The van der Waals surface area contributed by atoms with Gasteiger partial charge in [-0.25, -0.2) is 4.79 Å². The Morgan fingerprint density at radius 3 is 2.62 bits per heavy atom. The first-order valence-corrected chi connectivity index (χ1v) is 11.7. The van der Waals surface area contributed by atoms with Crippen molar-refractivity contribution in [2.24, 2.45) is 5.92 Å².